The summed E-state index contributed by atoms with van der Waals surface area (Å²) in [5.74, 6) is 7.71. The Morgan fingerprint density at radius 2 is 1.57 bits per heavy atom. The van der Waals surface area contributed by atoms with Crippen LogP contribution in [0.2, 0.25) is 0 Å². The summed E-state index contributed by atoms with van der Waals surface area (Å²) in [6.07, 6.45) is 1.12. The zero-order valence-corrected chi connectivity index (χ0v) is 14.2. The maximum atomic E-state index is 8.62. The highest BCUT2D eigenvalue weighted by molar-refractivity contribution is 8.03. The summed E-state index contributed by atoms with van der Waals surface area (Å²) in [6, 6.07) is 15.5. The SMILES string of the molecule is CCC(C)COc1ccc(C#Cc2ccc(SC#N)cc2)cc1. The Morgan fingerprint density at radius 3 is 2.09 bits per heavy atom. The summed E-state index contributed by atoms with van der Waals surface area (Å²) in [5.41, 5.74) is 1.89. The molecular weight excluding hydrogens is 302 g/mol. The first-order valence-electron chi connectivity index (χ1n) is 7.62. The van der Waals surface area contributed by atoms with Crippen LogP contribution in [0.3, 0.4) is 0 Å². The largest absolute Gasteiger partial charge is 0.493 e. The van der Waals surface area contributed by atoms with E-state index in [0.717, 1.165) is 46.6 Å². The molecule has 2 rings (SSSR count). The first-order valence-corrected chi connectivity index (χ1v) is 8.43. The Kier molecular flexibility index (Phi) is 6.60. The molecule has 0 amide bonds. The first kappa shape index (κ1) is 17.0. The molecule has 0 spiro atoms. The molecule has 1 unspecified atom stereocenters. The molecule has 3 heteroatoms. The predicted octanol–water partition coefficient (Wildman–Crippen LogP) is 5.08. The fourth-order valence-corrected chi connectivity index (χ4v) is 2.17. The van der Waals surface area contributed by atoms with Gasteiger partial charge in [-0.05, 0) is 66.2 Å². The summed E-state index contributed by atoms with van der Waals surface area (Å²) in [7, 11) is 0. The Bertz CT molecular complexity index is 717. The van der Waals surface area contributed by atoms with E-state index in [4.69, 9.17) is 10.00 Å². The molecule has 0 bridgehead atoms. The lowest BCUT2D eigenvalue weighted by Crippen LogP contribution is -2.06. The molecule has 0 radical (unpaired) electrons. The molecule has 0 saturated heterocycles. The number of hydrogen-bond donors (Lipinski definition) is 0. The van der Waals surface area contributed by atoms with Gasteiger partial charge in [-0.15, -0.1) is 0 Å². The van der Waals surface area contributed by atoms with Crippen LogP contribution in [0.4, 0.5) is 0 Å². The molecule has 0 aliphatic carbocycles. The third-order valence-corrected chi connectivity index (χ3v) is 4.05. The molecular formula is C20H19NOS. The standard InChI is InChI=1S/C20H19NOS/c1-3-16(2)14-22-19-10-6-17(7-11-19)4-5-18-8-12-20(13-9-18)23-15-21/h6-13,16H,3,14H2,1-2H3. The Labute approximate surface area is 142 Å². The van der Waals surface area contributed by atoms with Gasteiger partial charge in [0.1, 0.15) is 11.2 Å². The van der Waals surface area contributed by atoms with Crippen LogP contribution < -0.4 is 4.74 Å². The van der Waals surface area contributed by atoms with Crippen molar-refractivity contribution < 1.29 is 4.74 Å². The fraction of sp³-hybridized carbons (Fsp3) is 0.250. The average Bonchev–Trinajstić information content (AvgIpc) is 2.60. The van der Waals surface area contributed by atoms with E-state index in [1.54, 1.807) is 0 Å². The van der Waals surface area contributed by atoms with Crippen molar-refractivity contribution in [3.8, 4) is 23.0 Å². The van der Waals surface area contributed by atoms with Crippen molar-refractivity contribution >= 4 is 11.8 Å². The minimum atomic E-state index is 0.566. The lowest BCUT2D eigenvalue weighted by atomic mass is 10.1. The van der Waals surface area contributed by atoms with Crippen molar-refractivity contribution in [2.45, 2.75) is 25.2 Å². The molecule has 0 saturated carbocycles. The van der Waals surface area contributed by atoms with Crippen molar-refractivity contribution in [3.63, 3.8) is 0 Å². The van der Waals surface area contributed by atoms with Crippen LogP contribution in [-0.4, -0.2) is 6.61 Å². The molecule has 2 nitrogen and oxygen atoms in total. The van der Waals surface area contributed by atoms with E-state index >= 15 is 0 Å². The number of benzene rings is 2. The predicted molar refractivity (Wildman–Crippen MR) is 95.3 cm³/mol. The van der Waals surface area contributed by atoms with E-state index in [2.05, 4.69) is 31.1 Å². The number of hydrogen-bond acceptors (Lipinski definition) is 3. The minimum absolute atomic E-state index is 0.566. The number of nitrogens with zero attached hydrogens (tertiary/aromatic N) is 1. The van der Waals surface area contributed by atoms with Gasteiger partial charge in [-0.2, -0.15) is 5.26 Å². The van der Waals surface area contributed by atoms with Crippen molar-refractivity contribution in [2.75, 3.05) is 6.61 Å². The molecule has 0 N–H and O–H groups in total. The van der Waals surface area contributed by atoms with Crippen LogP contribution >= 0.6 is 11.8 Å². The molecule has 23 heavy (non-hydrogen) atoms. The summed E-state index contributed by atoms with van der Waals surface area (Å²) in [5, 5.41) is 10.7. The van der Waals surface area contributed by atoms with E-state index in [1.165, 1.54) is 0 Å². The van der Waals surface area contributed by atoms with Crippen molar-refractivity contribution in [1.82, 2.24) is 0 Å². The topological polar surface area (TPSA) is 33.0 Å². The normalized spacial score (nSPS) is 11.0. The van der Waals surface area contributed by atoms with Gasteiger partial charge in [0, 0.05) is 16.0 Å². The molecule has 0 aromatic heterocycles. The second-order valence-corrected chi connectivity index (χ2v) is 6.17. The highest BCUT2D eigenvalue weighted by atomic mass is 32.2. The van der Waals surface area contributed by atoms with Crippen LogP contribution in [0.1, 0.15) is 31.4 Å². The van der Waals surface area contributed by atoms with Crippen molar-refractivity contribution in [2.24, 2.45) is 5.92 Å². The number of thioether (sulfide) groups is 1. The van der Waals surface area contributed by atoms with Gasteiger partial charge in [0.15, 0.2) is 0 Å². The number of nitriles is 1. The van der Waals surface area contributed by atoms with Gasteiger partial charge in [0.05, 0.1) is 6.61 Å². The summed E-state index contributed by atoms with van der Waals surface area (Å²) in [4.78, 5) is 0.931. The average molecular weight is 321 g/mol. The maximum absolute atomic E-state index is 8.62. The number of ether oxygens (including phenoxy) is 1. The lowest BCUT2D eigenvalue weighted by Gasteiger charge is -2.10. The smallest absolute Gasteiger partial charge is 0.138 e. The van der Waals surface area contributed by atoms with Gasteiger partial charge < -0.3 is 4.74 Å². The first-order chi connectivity index (χ1) is 11.2. The quantitative estimate of drug-likeness (QED) is 0.437. The lowest BCUT2D eigenvalue weighted by molar-refractivity contribution is 0.256. The molecule has 1 atom stereocenters. The third kappa shape index (κ3) is 5.74. The molecule has 0 aliphatic heterocycles. The van der Waals surface area contributed by atoms with Crippen LogP contribution in [0.25, 0.3) is 0 Å². The second kappa shape index (κ2) is 8.93. The molecule has 0 aliphatic rings. The van der Waals surface area contributed by atoms with E-state index in [1.807, 2.05) is 48.5 Å². The molecule has 2 aromatic carbocycles. The van der Waals surface area contributed by atoms with Gasteiger partial charge in [-0.3, -0.25) is 0 Å². The van der Waals surface area contributed by atoms with Crippen LogP contribution in [0, 0.1) is 28.4 Å². The van der Waals surface area contributed by atoms with Crippen LogP contribution in [0.5, 0.6) is 5.75 Å². The van der Waals surface area contributed by atoms with E-state index in [9.17, 15) is 0 Å². The van der Waals surface area contributed by atoms with E-state index in [-0.39, 0.29) is 0 Å². The summed E-state index contributed by atoms with van der Waals surface area (Å²) < 4.78 is 5.74. The van der Waals surface area contributed by atoms with Crippen LogP contribution in [-0.2, 0) is 0 Å². The van der Waals surface area contributed by atoms with Gasteiger partial charge in [0.2, 0.25) is 0 Å². The summed E-state index contributed by atoms with van der Waals surface area (Å²) in [6.45, 7) is 5.09. The fourth-order valence-electron chi connectivity index (χ4n) is 1.79. The van der Waals surface area contributed by atoms with Gasteiger partial charge >= 0.3 is 0 Å². The van der Waals surface area contributed by atoms with Crippen molar-refractivity contribution in [1.29, 1.82) is 5.26 Å². The Hall–Kier alpha value is -2.36. The zero-order valence-electron chi connectivity index (χ0n) is 13.4. The molecule has 2 aromatic rings. The Balaban J connectivity index is 1.97. The molecule has 0 fully saturated rings. The minimum Gasteiger partial charge on any atom is -0.493 e. The zero-order chi connectivity index (χ0) is 16.5. The number of thiocyanates is 1. The summed E-state index contributed by atoms with van der Waals surface area (Å²) >= 11 is 1.15. The number of rotatable bonds is 5. The van der Waals surface area contributed by atoms with Crippen molar-refractivity contribution in [3.05, 3.63) is 59.7 Å². The maximum Gasteiger partial charge on any atom is 0.138 e. The second-order valence-electron chi connectivity index (χ2n) is 5.32. The van der Waals surface area contributed by atoms with Gasteiger partial charge in [-0.1, -0.05) is 32.1 Å². The highest BCUT2D eigenvalue weighted by Gasteiger charge is 2.00. The van der Waals surface area contributed by atoms with Gasteiger partial charge in [-0.25, -0.2) is 0 Å². The van der Waals surface area contributed by atoms with Gasteiger partial charge in [0.25, 0.3) is 0 Å². The molecule has 0 heterocycles. The van der Waals surface area contributed by atoms with Crippen LogP contribution in [0.15, 0.2) is 53.4 Å². The third-order valence-electron chi connectivity index (χ3n) is 3.45. The highest BCUT2D eigenvalue weighted by Crippen LogP contribution is 2.17. The van der Waals surface area contributed by atoms with E-state index < -0.39 is 0 Å². The monoisotopic (exact) mass is 321 g/mol. The molecule has 116 valence electrons. The van der Waals surface area contributed by atoms with E-state index in [0.29, 0.717) is 5.92 Å². The Morgan fingerprint density at radius 1 is 1.00 bits per heavy atom.